The van der Waals surface area contributed by atoms with Crippen LogP contribution in [0.4, 0.5) is 16.0 Å². The van der Waals surface area contributed by atoms with Crippen molar-refractivity contribution < 1.29 is 13.7 Å². The van der Waals surface area contributed by atoms with Crippen LogP contribution in [0.5, 0.6) is 0 Å². The van der Waals surface area contributed by atoms with Crippen LogP contribution in [0.1, 0.15) is 35.0 Å². The number of amides is 1. The topological polar surface area (TPSA) is 65.7 Å². The fraction of sp³-hybridized carbons (Fsp3) is 0.500. The predicted octanol–water partition coefficient (Wildman–Crippen LogP) is 2.36. The molecule has 3 rings (SSSR count). The van der Waals surface area contributed by atoms with Crippen LogP contribution in [0.15, 0.2) is 22.7 Å². The van der Waals surface area contributed by atoms with Crippen LogP contribution in [0, 0.1) is 5.82 Å². The smallest absolute Gasteiger partial charge is 0.265 e. The zero-order chi connectivity index (χ0) is 18.8. The summed E-state index contributed by atoms with van der Waals surface area (Å²) in [6.07, 6.45) is 1.44. The largest absolute Gasteiger partial charge is 0.378 e. The number of anilines is 2. The summed E-state index contributed by atoms with van der Waals surface area (Å²) >= 11 is 0. The summed E-state index contributed by atoms with van der Waals surface area (Å²) in [6.45, 7) is 1.08. The highest BCUT2D eigenvalue weighted by molar-refractivity contribution is 5.95. The lowest BCUT2D eigenvalue weighted by Crippen LogP contribution is -2.38. The molecule has 140 valence electrons. The summed E-state index contributed by atoms with van der Waals surface area (Å²) in [4.78, 5) is 22.3. The van der Waals surface area contributed by atoms with Crippen LogP contribution < -0.4 is 9.80 Å². The Labute approximate surface area is 152 Å². The van der Waals surface area contributed by atoms with Gasteiger partial charge in [0.1, 0.15) is 5.82 Å². The average molecular weight is 361 g/mol. The summed E-state index contributed by atoms with van der Waals surface area (Å²) < 4.78 is 19.7. The van der Waals surface area contributed by atoms with Gasteiger partial charge in [-0.15, -0.1) is 0 Å². The highest BCUT2D eigenvalue weighted by Gasteiger charge is 2.29. The second kappa shape index (κ2) is 7.31. The molecule has 0 atom stereocenters. The summed E-state index contributed by atoms with van der Waals surface area (Å²) in [7, 11) is 7.37. The SMILES string of the molecule is CN(C)c1ccc(C(=O)N2CCC(c3nc(N(C)C)no3)CC2)c(F)c1. The molecule has 0 bridgehead atoms. The molecular formula is C18H24FN5O2. The summed E-state index contributed by atoms with van der Waals surface area (Å²) in [5.41, 5.74) is 0.840. The van der Waals surface area contributed by atoms with Crippen LogP contribution in [0.25, 0.3) is 0 Å². The van der Waals surface area contributed by atoms with Crippen molar-refractivity contribution in [1.29, 1.82) is 0 Å². The van der Waals surface area contributed by atoms with Crippen LogP contribution in [0.3, 0.4) is 0 Å². The maximum absolute atomic E-state index is 14.3. The van der Waals surface area contributed by atoms with Gasteiger partial charge < -0.3 is 19.2 Å². The fourth-order valence-corrected chi connectivity index (χ4v) is 3.03. The molecule has 1 aliphatic rings. The highest BCUT2D eigenvalue weighted by Crippen LogP contribution is 2.29. The van der Waals surface area contributed by atoms with Crippen molar-refractivity contribution in [2.75, 3.05) is 51.1 Å². The van der Waals surface area contributed by atoms with Crippen LogP contribution in [0.2, 0.25) is 0 Å². The van der Waals surface area contributed by atoms with Crippen molar-refractivity contribution in [3.63, 3.8) is 0 Å². The van der Waals surface area contributed by atoms with Gasteiger partial charge in [-0.25, -0.2) is 4.39 Å². The second-order valence-corrected chi connectivity index (χ2v) is 6.95. The first-order valence-corrected chi connectivity index (χ1v) is 8.64. The molecule has 2 heterocycles. The number of carbonyl (C=O) groups excluding carboxylic acids is 1. The van der Waals surface area contributed by atoms with Gasteiger partial charge in [0, 0.05) is 52.9 Å². The van der Waals surface area contributed by atoms with Crippen molar-refractivity contribution in [2.24, 2.45) is 0 Å². The number of carbonyl (C=O) groups is 1. The van der Waals surface area contributed by atoms with E-state index in [9.17, 15) is 9.18 Å². The number of nitrogens with zero attached hydrogens (tertiary/aromatic N) is 5. The van der Waals surface area contributed by atoms with Crippen molar-refractivity contribution in [1.82, 2.24) is 15.0 Å². The number of likely N-dealkylation sites (tertiary alicyclic amines) is 1. The number of rotatable bonds is 4. The van der Waals surface area contributed by atoms with E-state index < -0.39 is 5.82 Å². The molecule has 1 aromatic carbocycles. The monoisotopic (exact) mass is 361 g/mol. The maximum Gasteiger partial charge on any atom is 0.265 e. The Morgan fingerprint density at radius 1 is 1.19 bits per heavy atom. The molecule has 7 nitrogen and oxygen atoms in total. The normalized spacial score (nSPS) is 15.2. The summed E-state index contributed by atoms with van der Waals surface area (Å²) in [5.74, 6) is 0.506. The zero-order valence-electron chi connectivity index (χ0n) is 15.6. The van der Waals surface area contributed by atoms with Gasteiger partial charge >= 0.3 is 0 Å². The van der Waals surface area contributed by atoms with Gasteiger partial charge in [-0.2, -0.15) is 4.98 Å². The lowest BCUT2D eigenvalue weighted by molar-refractivity contribution is 0.0700. The van der Waals surface area contributed by atoms with Crippen molar-refractivity contribution in [3.05, 3.63) is 35.5 Å². The highest BCUT2D eigenvalue weighted by atomic mass is 19.1. The van der Waals surface area contributed by atoms with E-state index in [1.807, 2.05) is 28.2 Å². The van der Waals surface area contributed by atoms with Crippen molar-refractivity contribution in [3.8, 4) is 0 Å². The average Bonchev–Trinajstić information content (AvgIpc) is 3.11. The molecular weight excluding hydrogens is 337 g/mol. The van der Waals surface area contributed by atoms with E-state index in [2.05, 4.69) is 10.1 Å². The van der Waals surface area contributed by atoms with E-state index in [4.69, 9.17) is 4.52 Å². The van der Waals surface area contributed by atoms with Crippen LogP contribution in [-0.2, 0) is 0 Å². The minimum Gasteiger partial charge on any atom is -0.378 e. The molecule has 1 aliphatic heterocycles. The quantitative estimate of drug-likeness (QED) is 0.833. The zero-order valence-corrected chi connectivity index (χ0v) is 15.6. The predicted molar refractivity (Wildman–Crippen MR) is 97.2 cm³/mol. The number of piperidine rings is 1. The molecule has 0 unspecified atom stereocenters. The Bertz CT molecular complexity index is 782. The molecule has 0 spiro atoms. The molecule has 0 saturated carbocycles. The Kier molecular flexibility index (Phi) is 5.11. The van der Waals surface area contributed by atoms with Crippen molar-refractivity contribution in [2.45, 2.75) is 18.8 Å². The van der Waals surface area contributed by atoms with E-state index >= 15 is 0 Å². The molecule has 1 aromatic heterocycles. The van der Waals surface area contributed by atoms with Crippen molar-refractivity contribution >= 4 is 17.5 Å². The molecule has 0 N–H and O–H groups in total. The van der Waals surface area contributed by atoms with Gasteiger partial charge in [-0.1, -0.05) is 0 Å². The Morgan fingerprint density at radius 2 is 1.88 bits per heavy atom. The fourth-order valence-electron chi connectivity index (χ4n) is 3.03. The number of benzene rings is 1. The van der Waals surface area contributed by atoms with E-state index in [1.165, 1.54) is 6.07 Å². The Morgan fingerprint density at radius 3 is 2.42 bits per heavy atom. The van der Waals surface area contributed by atoms with E-state index in [0.29, 0.717) is 24.9 Å². The molecule has 1 saturated heterocycles. The minimum absolute atomic E-state index is 0.113. The maximum atomic E-state index is 14.3. The lowest BCUT2D eigenvalue weighted by atomic mass is 9.96. The number of hydrogen-bond acceptors (Lipinski definition) is 6. The Hall–Kier alpha value is -2.64. The van der Waals surface area contributed by atoms with Gasteiger partial charge in [-0.3, -0.25) is 4.79 Å². The molecule has 8 heteroatoms. The standard InChI is InChI=1S/C18H24FN5O2/c1-22(2)13-5-6-14(15(19)11-13)17(25)24-9-7-12(8-10-24)16-20-18(21-26-16)23(3)4/h5-6,11-12H,7-10H2,1-4H3. The molecule has 1 amide bonds. The van der Waals surface area contributed by atoms with Gasteiger partial charge in [0.25, 0.3) is 11.9 Å². The van der Waals surface area contributed by atoms with E-state index in [0.717, 1.165) is 18.5 Å². The molecule has 2 aromatic rings. The van der Waals surface area contributed by atoms with Gasteiger partial charge in [0.05, 0.1) is 5.56 Å². The number of aromatic nitrogens is 2. The third-order valence-electron chi connectivity index (χ3n) is 4.66. The van der Waals surface area contributed by atoms with Crippen LogP contribution in [-0.4, -0.2) is 62.2 Å². The third kappa shape index (κ3) is 3.63. The Balaban J connectivity index is 1.65. The van der Waals surface area contributed by atoms with Gasteiger partial charge in [0.2, 0.25) is 5.89 Å². The third-order valence-corrected chi connectivity index (χ3v) is 4.66. The second-order valence-electron chi connectivity index (χ2n) is 6.95. The van der Waals surface area contributed by atoms with E-state index in [-0.39, 0.29) is 17.4 Å². The number of hydrogen-bond donors (Lipinski definition) is 0. The minimum atomic E-state index is -0.490. The van der Waals surface area contributed by atoms with Crippen LogP contribution >= 0.6 is 0 Å². The van der Waals surface area contributed by atoms with E-state index in [1.54, 1.807) is 26.8 Å². The lowest BCUT2D eigenvalue weighted by Gasteiger charge is -2.30. The first kappa shape index (κ1) is 18.2. The summed E-state index contributed by atoms with van der Waals surface area (Å²) in [5, 5.41) is 3.93. The molecule has 1 fully saturated rings. The number of halogens is 1. The molecule has 0 radical (unpaired) electrons. The first-order valence-electron chi connectivity index (χ1n) is 8.64. The molecule has 0 aliphatic carbocycles. The van der Waals surface area contributed by atoms with Gasteiger partial charge in [0.15, 0.2) is 0 Å². The van der Waals surface area contributed by atoms with Gasteiger partial charge in [-0.05, 0) is 36.2 Å². The summed E-state index contributed by atoms with van der Waals surface area (Å²) in [6, 6.07) is 4.70. The first-order chi connectivity index (χ1) is 12.4. The molecule has 26 heavy (non-hydrogen) atoms.